The Balaban J connectivity index is 2.17. The fourth-order valence-corrected chi connectivity index (χ4v) is 3.37. The van der Waals surface area contributed by atoms with Gasteiger partial charge in [-0.25, -0.2) is 0 Å². The van der Waals surface area contributed by atoms with Gasteiger partial charge in [0.15, 0.2) is 0 Å². The van der Waals surface area contributed by atoms with Crippen molar-refractivity contribution in [3.63, 3.8) is 0 Å². The molecule has 1 atom stereocenters. The van der Waals surface area contributed by atoms with Crippen LogP contribution in [0.4, 0.5) is 0 Å². The Hall–Kier alpha value is -0.580. The molecule has 1 aliphatic heterocycles. The van der Waals surface area contributed by atoms with E-state index in [9.17, 15) is 0 Å². The zero-order chi connectivity index (χ0) is 16.2. The van der Waals surface area contributed by atoms with E-state index in [2.05, 4.69) is 36.7 Å². The highest BCUT2D eigenvalue weighted by Gasteiger charge is 2.46. The van der Waals surface area contributed by atoms with Crippen molar-refractivity contribution in [3.05, 3.63) is 29.8 Å². The molecule has 1 unspecified atom stereocenters. The molecule has 0 spiro atoms. The van der Waals surface area contributed by atoms with E-state index in [0.29, 0.717) is 0 Å². The molecule has 22 heavy (non-hydrogen) atoms. The van der Waals surface area contributed by atoms with Crippen LogP contribution in [0.5, 0.6) is 5.75 Å². The van der Waals surface area contributed by atoms with Crippen molar-refractivity contribution in [2.75, 3.05) is 20.3 Å². The van der Waals surface area contributed by atoms with Gasteiger partial charge < -0.3 is 14.2 Å². The Kier molecular flexibility index (Phi) is 5.92. The van der Waals surface area contributed by atoms with E-state index in [-0.39, 0.29) is 10.2 Å². The van der Waals surface area contributed by atoms with E-state index in [1.165, 1.54) is 12.8 Å². The molecule has 1 heterocycles. The molecule has 0 aromatic heterocycles. The largest absolute Gasteiger partial charge is 0.497 e. The van der Waals surface area contributed by atoms with Crippen LogP contribution in [0, 0.1) is 5.41 Å². The molecule has 1 aliphatic rings. The fraction of sp³-hybridized carbons (Fsp3) is 0.667. The van der Waals surface area contributed by atoms with E-state index < -0.39 is 5.79 Å². The lowest BCUT2D eigenvalue weighted by Gasteiger charge is -2.46. The predicted molar refractivity (Wildman–Crippen MR) is 92.6 cm³/mol. The standard InChI is InChI=1S/C18H27BrO3/c1-5-6-11-17(3)12-21-18(14(2)19,22-13-17)15-7-9-16(20-4)10-8-15/h7-10,14H,5-6,11-13H2,1-4H3. The van der Waals surface area contributed by atoms with Crippen LogP contribution in [-0.4, -0.2) is 25.2 Å². The Morgan fingerprint density at radius 2 is 1.82 bits per heavy atom. The van der Waals surface area contributed by atoms with E-state index in [0.717, 1.165) is 30.9 Å². The monoisotopic (exact) mass is 370 g/mol. The molecular formula is C18H27BrO3. The Bertz CT molecular complexity index is 462. The summed E-state index contributed by atoms with van der Waals surface area (Å²) in [6.45, 7) is 7.97. The predicted octanol–water partition coefficient (Wildman–Crippen LogP) is 4.87. The lowest BCUT2D eigenvalue weighted by atomic mass is 9.85. The molecule has 1 aromatic carbocycles. The molecule has 2 rings (SSSR count). The third-order valence-electron chi connectivity index (χ3n) is 4.42. The van der Waals surface area contributed by atoms with Gasteiger partial charge in [0.2, 0.25) is 5.79 Å². The van der Waals surface area contributed by atoms with Crippen molar-refractivity contribution >= 4 is 15.9 Å². The lowest BCUT2D eigenvalue weighted by molar-refractivity contribution is -0.309. The van der Waals surface area contributed by atoms with Gasteiger partial charge in [-0.3, -0.25) is 0 Å². The Labute approximate surface area is 142 Å². The summed E-state index contributed by atoms with van der Waals surface area (Å²) in [5.41, 5.74) is 1.13. The smallest absolute Gasteiger partial charge is 0.207 e. The van der Waals surface area contributed by atoms with Gasteiger partial charge in [0.1, 0.15) is 5.75 Å². The zero-order valence-corrected chi connectivity index (χ0v) is 15.6. The molecule has 0 aliphatic carbocycles. The van der Waals surface area contributed by atoms with Gasteiger partial charge in [-0.2, -0.15) is 0 Å². The van der Waals surface area contributed by atoms with Gasteiger partial charge in [0.25, 0.3) is 0 Å². The first-order chi connectivity index (χ1) is 10.5. The third-order valence-corrected chi connectivity index (χ3v) is 5.02. The number of ether oxygens (including phenoxy) is 3. The van der Waals surface area contributed by atoms with Gasteiger partial charge in [0.05, 0.1) is 25.2 Å². The van der Waals surface area contributed by atoms with E-state index >= 15 is 0 Å². The van der Waals surface area contributed by atoms with Crippen molar-refractivity contribution in [1.82, 2.24) is 0 Å². The zero-order valence-electron chi connectivity index (χ0n) is 14.0. The van der Waals surface area contributed by atoms with Crippen LogP contribution in [0.25, 0.3) is 0 Å². The molecular weight excluding hydrogens is 344 g/mol. The van der Waals surface area contributed by atoms with Crippen LogP contribution >= 0.6 is 15.9 Å². The van der Waals surface area contributed by atoms with Gasteiger partial charge in [-0.05, 0) is 37.6 Å². The van der Waals surface area contributed by atoms with Crippen LogP contribution in [0.1, 0.15) is 45.6 Å². The molecule has 0 radical (unpaired) electrons. The highest BCUT2D eigenvalue weighted by molar-refractivity contribution is 9.09. The maximum Gasteiger partial charge on any atom is 0.207 e. The van der Waals surface area contributed by atoms with Crippen LogP contribution in [-0.2, 0) is 15.3 Å². The average Bonchev–Trinajstić information content (AvgIpc) is 2.54. The topological polar surface area (TPSA) is 27.7 Å². The van der Waals surface area contributed by atoms with E-state index in [1.807, 2.05) is 24.3 Å². The molecule has 0 bridgehead atoms. The first kappa shape index (κ1) is 17.8. The van der Waals surface area contributed by atoms with Crippen LogP contribution < -0.4 is 4.74 Å². The first-order valence-corrected chi connectivity index (χ1v) is 8.94. The quantitative estimate of drug-likeness (QED) is 0.668. The summed E-state index contributed by atoms with van der Waals surface area (Å²) < 4.78 is 17.8. The number of methoxy groups -OCH3 is 1. The second kappa shape index (κ2) is 7.33. The molecule has 4 heteroatoms. The molecule has 0 saturated carbocycles. The van der Waals surface area contributed by atoms with E-state index in [4.69, 9.17) is 14.2 Å². The molecule has 1 fully saturated rings. The van der Waals surface area contributed by atoms with Crippen molar-refractivity contribution in [2.45, 2.75) is 50.6 Å². The molecule has 1 saturated heterocycles. The number of hydrogen-bond acceptors (Lipinski definition) is 3. The number of hydrogen-bond donors (Lipinski definition) is 0. The fourth-order valence-electron chi connectivity index (χ4n) is 2.84. The van der Waals surface area contributed by atoms with Crippen molar-refractivity contribution in [3.8, 4) is 5.75 Å². The number of unbranched alkanes of at least 4 members (excludes halogenated alkanes) is 1. The molecule has 3 nitrogen and oxygen atoms in total. The maximum absolute atomic E-state index is 6.29. The number of halogens is 1. The summed E-state index contributed by atoms with van der Waals surface area (Å²) in [6.07, 6.45) is 3.55. The number of alkyl halides is 1. The minimum atomic E-state index is -0.724. The SMILES string of the molecule is CCCCC1(C)COC(c2ccc(OC)cc2)(C(C)Br)OC1. The number of rotatable bonds is 6. The minimum Gasteiger partial charge on any atom is -0.497 e. The number of benzene rings is 1. The van der Waals surface area contributed by atoms with Gasteiger partial charge in [0, 0.05) is 11.0 Å². The molecule has 0 N–H and O–H groups in total. The van der Waals surface area contributed by atoms with Gasteiger partial charge in [-0.15, -0.1) is 0 Å². The van der Waals surface area contributed by atoms with Crippen molar-refractivity contribution in [1.29, 1.82) is 0 Å². The molecule has 0 amide bonds. The van der Waals surface area contributed by atoms with Gasteiger partial charge >= 0.3 is 0 Å². The lowest BCUT2D eigenvalue weighted by Crippen LogP contribution is -2.50. The highest BCUT2D eigenvalue weighted by atomic mass is 79.9. The summed E-state index contributed by atoms with van der Waals surface area (Å²) >= 11 is 3.67. The summed E-state index contributed by atoms with van der Waals surface area (Å²) in [7, 11) is 1.67. The summed E-state index contributed by atoms with van der Waals surface area (Å²) in [5.74, 6) is 0.113. The van der Waals surface area contributed by atoms with Crippen LogP contribution in [0.15, 0.2) is 24.3 Å². The third kappa shape index (κ3) is 3.66. The van der Waals surface area contributed by atoms with Crippen molar-refractivity contribution < 1.29 is 14.2 Å². The normalized spacial score (nSPS) is 30.0. The maximum atomic E-state index is 6.29. The summed E-state index contributed by atoms with van der Waals surface area (Å²) in [4.78, 5) is 0.0594. The summed E-state index contributed by atoms with van der Waals surface area (Å²) in [5, 5.41) is 0. The van der Waals surface area contributed by atoms with Gasteiger partial charge in [-0.1, -0.05) is 42.6 Å². The highest BCUT2D eigenvalue weighted by Crippen LogP contribution is 2.43. The second-order valence-electron chi connectivity index (χ2n) is 6.50. The molecule has 1 aromatic rings. The van der Waals surface area contributed by atoms with Crippen molar-refractivity contribution in [2.24, 2.45) is 5.41 Å². The second-order valence-corrected chi connectivity index (χ2v) is 7.88. The minimum absolute atomic E-state index is 0.0594. The Morgan fingerprint density at radius 1 is 1.23 bits per heavy atom. The Morgan fingerprint density at radius 3 is 2.27 bits per heavy atom. The molecule has 124 valence electrons. The van der Waals surface area contributed by atoms with Crippen LogP contribution in [0.2, 0.25) is 0 Å². The van der Waals surface area contributed by atoms with Crippen LogP contribution in [0.3, 0.4) is 0 Å². The summed E-state index contributed by atoms with van der Waals surface area (Å²) in [6, 6.07) is 7.94. The average molecular weight is 371 g/mol. The first-order valence-electron chi connectivity index (χ1n) is 8.02. The van der Waals surface area contributed by atoms with E-state index in [1.54, 1.807) is 7.11 Å².